The first-order valence-corrected chi connectivity index (χ1v) is 8.55. The van der Waals surface area contributed by atoms with Crippen LogP contribution in [0, 0.1) is 0 Å². The normalized spacial score (nSPS) is 10.9. The van der Waals surface area contributed by atoms with Crippen LogP contribution in [0.3, 0.4) is 0 Å². The van der Waals surface area contributed by atoms with E-state index in [2.05, 4.69) is 19.1 Å². The summed E-state index contributed by atoms with van der Waals surface area (Å²) in [5.74, 6) is 0. The monoisotopic (exact) mass is 276 g/mol. The number of unbranched alkanes of at least 4 members (excludes halogenated alkanes) is 9. The minimum atomic E-state index is 0.151. The van der Waals surface area contributed by atoms with E-state index < -0.39 is 0 Å². The molecule has 0 aliphatic heterocycles. The van der Waals surface area contributed by atoms with Gasteiger partial charge in [-0.05, 0) is 24.0 Å². The van der Waals surface area contributed by atoms with E-state index in [-0.39, 0.29) is 6.61 Å². The Morgan fingerprint density at radius 1 is 0.650 bits per heavy atom. The van der Waals surface area contributed by atoms with E-state index in [0.717, 1.165) is 5.56 Å². The van der Waals surface area contributed by atoms with Gasteiger partial charge in [0.05, 0.1) is 6.61 Å². The molecule has 0 atom stereocenters. The average molecular weight is 276 g/mol. The second kappa shape index (κ2) is 12.0. The Balaban J connectivity index is 1.91. The third-order valence-electron chi connectivity index (χ3n) is 4.02. The van der Waals surface area contributed by atoms with Crippen LogP contribution in [-0.2, 0) is 13.0 Å². The summed E-state index contributed by atoms with van der Waals surface area (Å²) in [6, 6.07) is 8.37. The van der Waals surface area contributed by atoms with Crippen LogP contribution in [0.2, 0.25) is 0 Å². The molecule has 0 aliphatic rings. The molecule has 1 nitrogen and oxygen atoms in total. The molecule has 1 aromatic carbocycles. The minimum absolute atomic E-state index is 0.151. The summed E-state index contributed by atoms with van der Waals surface area (Å²) in [4.78, 5) is 0. The maximum atomic E-state index is 8.99. The lowest BCUT2D eigenvalue weighted by Crippen LogP contribution is -1.88. The summed E-state index contributed by atoms with van der Waals surface area (Å²) in [6.45, 7) is 2.43. The van der Waals surface area contributed by atoms with E-state index in [1.165, 1.54) is 76.2 Å². The van der Waals surface area contributed by atoms with Crippen molar-refractivity contribution in [2.24, 2.45) is 0 Å². The molecule has 0 aromatic heterocycles. The molecule has 20 heavy (non-hydrogen) atoms. The molecule has 1 aromatic rings. The first kappa shape index (κ1) is 17.2. The molecule has 1 heteroatoms. The molecular formula is C19H32O. The molecule has 0 saturated heterocycles. The largest absolute Gasteiger partial charge is 0.392 e. The second-order valence-corrected chi connectivity index (χ2v) is 5.91. The van der Waals surface area contributed by atoms with Gasteiger partial charge in [-0.3, -0.25) is 0 Å². The summed E-state index contributed by atoms with van der Waals surface area (Å²) < 4.78 is 0. The Kier molecular flexibility index (Phi) is 10.3. The third kappa shape index (κ3) is 8.37. The van der Waals surface area contributed by atoms with Gasteiger partial charge in [-0.15, -0.1) is 0 Å². The molecule has 1 N–H and O–H groups in total. The van der Waals surface area contributed by atoms with Crippen molar-refractivity contribution in [2.45, 2.75) is 84.2 Å². The predicted molar refractivity (Wildman–Crippen MR) is 87.9 cm³/mol. The molecule has 0 unspecified atom stereocenters. The first-order valence-electron chi connectivity index (χ1n) is 8.55. The summed E-state index contributed by atoms with van der Waals surface area (Å²) >= 11 is 0. The van der Waals surface area contributed by atoms with Gasteiger partial charge in [0.25, 0.3) is 0 Å². The maximum absolute atomic E-state index is 8.99. The van der Waals surface area contributed by atoms with Gasteiger partial charge < -0.3 is 5.11 Å². The van der Waals surface area contributed by atoms with Crippen LogP contribution in [0.1, 0.15) is 82.3 Å². The average Bonchev–Trinajstić information content (AvgIpc) is 2.50. The SMILES string of the molecule is CCCCCCCCCCCCc1ccc(CO)cc1. The second-order valence-electron chi connectivity index (χ2n) is 5.91. The van der Waals surface area contributed by atoms with Crippen molar-refractivity contribution in [1.29, 1.82) is 0 Å². The molecule has 0 heterocycles. The molecule has 0 spiro atoms. The number of rotatable bonds is 12. The molecule has 0 fully saturated rings. The van der Waals surface area contributed by atoms with E-state index >= 15 is 0 Å². The van der Waals surface area contributed by atoms with E-state index in [4.69, 9.17) is 5.11 Å². The smallest absolute Gasteiger partial charge is 0.0681 e. The van der Waals surface area contributed by atoms with Crippen molar-refractivity contribution >= 4 is 0 Å². The lowest BCUT2D eigenvalue weighted by Gasteiger charge is -2.04. The summed E-state index contributed by atoms with van der Waals surface area (Å²) in [5, 5.41) is 8.99. The van der Waals surface area contributed by atoms with Crippen LogP contribution in [-0.4, -0.2) is 5.11 Å². The summed E-state index contributed by atoms with van der Waals surface area (Å²) in [5.41, 5.74) is 2.42. The lowest BCUT2D eigenvalue weighted by molar-refractivity contribution is 0.282. The standard InChI is InChI=1S/C19H32O/c1-2-3-4-5-6-7-8-9-10-11-12-18-13-15-19(17-20)16-14-18/h13-16,20H,2-12,17H2,1H3. The zero-order chi connectivity index (χ0) is 14.5. The van der Waals surface area contributed by atoms with Gasteiger partial charge in [-0.1, -0.05) is 89.0 Å². The summed E-state index contributed by atoms with van der Waals surface area (Å²) in [7, 11) is 0. The Hall–Kier alpha value is -0.820. The molecule has 0 radical (unpaired) electrons. The highest BCUT2D eigenvalue weighted by molar-refractivity contribution is 5.21. The van der Waals surface area contributed by atoms with Gasteiger partial charge in [0.2, 0.25) is 0 Å². The number of aliphatic hydroxyl groups is 1. The number of aryl methyl sites for hydroxylation is 1. The highest BCUT2D eigenvalue weighted by Gasteiger charge is 1.96. The Morgan fingerprint density at radius 3 is 1.60 bits per heavy atom. The lowest BCUT2D eigenvalue weighted by atomic mass is 10.0. The van der Waals surface area contributed by atoms with Crippen LogP contribution < -0.4 is 0 Å². The van der Waals surface area contributed by atoms with Gasteiger partial charge in [0, 0.05) is 0 Å². The Morgan fingerprint density at radius 2 is 1.10 bits per heavy atom. The predicted octanol–water partition coefficient (Wildman–Crippen LogP) is 5.64. The van der Waals surface area contributed by atoms with Crippen LogP contribution in [0.25, 0.3) is 0 Å². The van der Waals surface area contributed by atoms with Crippen LogP contribution in [0.4, 0.5) is 0 Å². The Bertz CT molecular complexity index is 315. The van der Waals surface area contributed by atoms with E-state index in [0.29, 0.717) is 0 Å². The van der Waals surface area contributed by atoms with E-state index in [1.807, 2.05) is 12.1 Å². The van der Waals surface area contributed by atoms with Gasteiger partial charge in [-0.25, -0.2) is 0 Å². The molecule has 1 rings (SSSR count). The minimum Gasteiger partial charge on any atom is -0.392 e. The zero-order valence-electron chi connectivity index (χ0n) is 13.2. The fourth-order valence-corrected chi connectivity index (χ4v) is 2.63. The van der Waals surface area contributed by atoms with Crippen molar-refractivity contribution in [1.82, 2.24) is 0 Å². The number of aliphatic hydroxyl groups excluding tert-OH is 1. The van der Waals surface area contributed by atoms with E-state index in [9.17, 15) is 0 Å². The molecular weight excluding hydrogens is 244 g/mol. The van der Waals surface area contributed by atoms with E-state index in [1.54, 1.807) is 0 Å². The maximum Gasteiger partial charge on any atom is 0.0681 e. The quantitative estimate of drug-likeness (QED) is 0.490. The topological polar surface area (TPSA) is 20.2 Å². The van der Waals surface area contributed by atoms with Crippen molar-refractivity contribution in [3.05, 3.63) is 35.4 Å². The molecule has 0 amide bonds. The third-order valence-corrected chi connectivity index (χ3v) is 4.02. The van der Waals surface area contributed by atoms with Crippen LogP contribution in [0.15, 0.2) is 24.3 Å². The highest BCUT2D eigenvalue weighted by Crippen LogP contribution is 2.13. The molecule has 0 saturated carbocycles. The Labute approximate surface area is 125 Å². The van der Waals surface area contributed by atoms with Crippen LogP contribution >= 0.6 is 0 Å². The highest BCUT2D eigenvalue weighted by atomic mass is 16.3. The number of hydrogen-bond donors (Lipinski definition) is 1. The van der Waals surface area contributed by atoms with Gasteiger partial charge >= 0.3 is 0 Å². The molecule has 0 aliphatic carbocycles. The first-order chi connectivity index (χ1) is 9.86. The molecule has 0 bridgehead atoms. The van der Waals surface area contributed by atoms with Crippen molar-refractivity contribution in [2.75, 3.05) is 0 Å². The van der Waals surface area contributed by atoms with Crippen molar-refractivity contribution in [3.8, 4) is 0 Å². The molecule has 114 valence electrons. The number of hydrogen-bond acceptors (Lipinski definition) is 1. The van der Waals surface area contributed by atoms with Crippen LogP contribution in [0.5, 0.6) is 0 Å². The fourth-order valence-electron chi connectivity index (χ4n) is 2.63. The van der Waals surface area contributed by atoms with Crippen molar-refractivity contribution < 1.29 is 5.11 Å². The number of benzene rings is 1. The van der Waals surface area contributed by atoms with Gasteiger partial charge in [0.15, 0.2) is 0 Å². The zero-order valence-corrected chi connectivity index (χ0v) is 13.2. The summed E-state index contributed by atoms with van der Waals surface area (Å²) in [6.07, 6.45) is 15.1. The van der Waals surface area contributed by atoms with Gasteiger partial charge in [-0.2, -0.15) is 0 Å². The van der Waals surface area contributed by atoms with Crippen molar-refractivity contribution in [3.63, 3.8) is 0 Å². The van der Waals surface area contributed by atoms with Gasteiger partial charge in [0.1, 0.15) is 0 Å². The fraction of sp³-hybridized carbons (Fsp3) is 0.684.